The van der Waals surface area contributed by atoms with Crippen LogP contribution in [0.15, 0.2) is 127 Å². The van der Waals surface area contributed by atoms with Crippen molar-refractivity contribution in [2.24, 2.45) is 36.1 Å². The molecule has 2 saturated heterocycles. The summed E-state index contributed by atoms with van der Waals surface area (Å²) in [5.74, 6) is -4.71. The monoisotopic (exact) mass is 857 g/mol. The van der Waals surface area contributed by atoms with Crippen molar-refractivity contribution in [2.45, 2.75) is 32.6 Å². The molecule has 4 aliphatic rings. The number of para-hydroxylation sites is 1. The number of hydrogen-bond donors (Lipinski definition) is 2. The molecule has 308 valence electrons. The average Bonchev–Trinajstić information content (AvgIpc) is 3.95. The molecule has 6 atom stereocenters. The Morgan fingerprint density at radius 1 is 0.806 bits per heavy atom. The molecule has 10 nitrogen and oxygen atoms in total. The number of phenolic OH excluding ortho intramolecular Hbond substituents is 1. The Morgan fingerprint density at radius 2 is 1.55 bits per heavy atom. The number of aromatic hydroxyl groups is 1. The number of fused-ring (bicyclic) bond motifs is 6. The summed E-state index contributed by atoms with van der Waals surface area (Å²) < 4.78 is 2.62. The third-order valence-electron chi connectivity index (χ3n) is 13.9. The van der Waals surface area contributed by atoms with Gasteiger partial charge in [-0.15, -0.1) is 11.3 Å². The Bertz CT molecular complexity index is 3100. The van der Waals surface area contributed by atoms with Gasteiger partial charge in [0.25, 0.3) is 0 Å². The molecule has 7 aromatic rings. The van der Waals surface area contributed by atoms with Gasteiger partial charge < -0.3 is 10.4 Å². The molecule has 4 amide bonds. The van der Waals surface area contributed by atoms with E-state index < -0.39 is 46.8 Å². The van der Waals surface area contributed by atoms with E-state index in [1.807, 2.05) is 111 Å². The largest absolute Gasteiger partial charge is 0.508 e. The van der Waals surface area contributed by atoms with E-state index in [9.17, 15) is 14.7 Å². The number of carbonyl (C=O) groups is 4. The van der Waals surface area contributed by atoms with Crippen LogP contribution in [0.3, 0.4) is 0 Å². The first kappa shape index (κ1) is 38.4. The van der Waals surface area contributed by atoms with Gasteiger partial charge >= 0.3 is 0 Å². The van der Waals surface area contributed by atoms with Crippen molar-refractivity contribution in [3.05, 3.63) is 143 Å². The SMILES string of the molecule is Cc1c(-c2cc(N3C(=O)C4CC5C(=CCC6C(=O)N(c7ccc(Nc8ccccc8)cc7)C(=O)C65)C(c5c(O)ccc6ccccc56)C4(C)C3=O)n(C)n2)sc2ccc(Cl)cc12. The summed E-state index contributed by atoms with van der Waals surface area (Å²) in [5, 5.41) is 23.4. The van der Waals surface area contributed by atoms with Crippen LogP contribution in [0.1, 0.15) is 36.8 Å². The van der Waals surface area contributed by atoms with Crippen molar-refractivity contribution in [2.75, 3.05) is 15.1 Å². The van der Waals surface area contributed by atoms with Crippen molar-refractivity contribution in [3.8, 4) is 16.3 Å². The molecule has 3 fully saturated rings. The number of hydrogen-bond acceptors (Lipinski definition) is 8. The highest BCUT2D eigenvalue weighted by Gasteiger charge is 2.68. The molecule has 2 aromatic heterocycles. The molecule has 62 heavy (non-hydrogen) atoms. The van der Waals surface area contributed by atoms with Crippen LogP contribution in [-0.4, -0.2) is 38.5 Å². The summed E-state index contributed by atoms with van der Waals surface area (Å²) in [5.41, 5.74) is 3.79. The van der Waals surface area contributed by atoms with Crippen LogP contribution < -0.4 is 15.1 Å². The molecule has 2 aliphatic carbocycles. The number of aromatic nitrogens is 2. The first-order valence-electron chi connectivity index (χ1n) is 20.8. The Kier molecular flexibility index (Phi) is 8.65. The van der Waals surface area contributed by atoms with Gasteiger partial charge in [-0.05, 0) is 115 Å². The maximum atomic E-state index is 15.5. The zero-order chi connectivity index (χ0) is 42.8. The number of thiophene rings is 1. The predicted molar refractivity (Wildman–Crippen MR) is 243 cm³/mol. The molecule has 12 heteroatoms. The lowest BCUT2D eigenvalue weighted by Gasteiger charge is -2.49. The molecule has 0 bridgehead atoms. The smallest absolute Gasteiger partial charge is 0.242 e. The standard InChI is InChI=1S/C50H40ClN5O5S/c1-26-35-23-28(51)14-22-40(35)62-45(26)38-25-41(54(3)53-38)56-47(59)37-24-36-33(44(50(37,2)49(56)61)43-32-12-8-7-9-27(32)13-21-39(43)57)19-20-34-42(36)48(60)55(46(34)58)31-17-15-30(16-18-31)52-29-10-5-4-6-11-29/h4-19,21-23,25,34,36-37,42,44,52,57H,20,24H2,1-3H3. The number of phenols is 1. The molecule has 5 aromatic carbocycles. The van der Waals surface area contributed by atoms with E-state index in [0.717, 1.165) is 48.2 Å². The zero-order valence-corrected chi connectivity index (χ0v) is 35.6. The van der Waals surface area contributed by atoms with Gasteiger partial charge in [-0.2, -0.15) is 5.10 Å². The minimum Gasteiger partial charge on any atom is -0.508 e. The van der Waals surface area contributed by atoms with Gasteiger partial charge in [0.1, 0.15) is 17.3 Å². The second-order valence-corrected chi connectivity index (χ2v) is 18.6. The summed E-state index contributed by atoms with van der Waals surface area (Å²) in [6.07, 6.45) is 2.48. The number of anilines is 4. The van der Waals surface area contributed by atoms with Crippen LogP contribution >= 0.6 is 22.9 Å². The van der Waals surface area contributed by atoms with E-state index >= 15 is 9.59 Å². The van der Waals surface area contributed by atoms with Crippen molar-refractivity contribution in [3.63, 3.8) is 0 Å². The Hall–Kier alpha value is -6.56. The van der Waals surface area contributed by atoms with Crippen LogP contribution in [0.5, 0.6) is 5.75 Å². The fraction of sp³-hybridized carbons (Fsp3) is 0.220. The molecule has 4 heterocycles. The number of allylic oxidation sites excluding steroid dienone is 2. The lowest BCUT2D eigenvalue weighted by atomic mass is 9.51. The molecule has 2 N–H and O–H groups in total. The normalized spacial score (nSPS) is 24.5. The molecule has 11 rings (SSSR count). The third-order valence-corrected chi connectivity index (χ3v) is 15.4. The second kappa shape index (κ2) is 14.0. The number of imide groups is 2. The van der Waals surface area contributed by atoms with E-state index in [-0.39, 0.29) is 30.4 Å². The third kappa shape index (κ3) is 5.50. The first-order valence-corrected chi connectivity index (χ1v) is 22.0. The van der Waals surface area contributed by atoms with Gasteiger partial charge in [0, 0.05) is 45.7 Å². The van der Waals surface area contributed by atoms with Gasteiger partial charge in [0.2, 0.25) is 23.6 Å². The van der Waals surface area contributed by atoms with Gasteiger partial charge in [-0.25, -0.2) is 4.90 Å². The number of benzene rings is 5. The highest BCUT2D eigenvalue weighted by atomic mass is 35.5. The lowest BCUT2D eigenvalue weighted by Crippen LogP contribution is -2.49. The molecule has 6 unspecified atom stereocenters. The summed E-state index contributed by atoms with van der Waals surface area (Å²) in [6, 6.07) is 35.7. The highest BCUT2D eigenvalue weighted by Crippen LogP contribution is 2.65. The Labute approximate surface area is 366 Å². The molecular formula is C50H40ClN5O5S. The summed E-state index contributed by atoms with van der Waals surface area (Å²) >= 11 is 7.93. The summed E-state index contributed by atoms with van der Waals surface area (Å²) in [7, 11) is 1.73. The fourth-order valence-corrected chi connectivity index (χ4v) is 12.3. The topological polar surface area (TPSA) is 125 Å². The number of rotatable bonds is 6. The van der Waals surface area contributed by atoms with E-state index in [1.54, 1.807) is 47.3 Å². The second-order valence-electron chi connectivity index (χ2n) is 17.1. The van der Waals surface area contributed by atoms with Crippen molar-refractivity contribution in [1.29, 1.82) is 0 Å². The van der Waals surface area contributed by atoms with Crippen LogP contribution in [0, 0.1) is 36.0 Å². The van der Waals surface area contributed by atoms with Crippen LogP contribution in [0.4, 0.5) is 22.9 Å². The minimum absolute atomic E-state index is 0.00106. The van der Waals surface area contributed by atoms with E-state index in [1.165, 1.54) is 9.80 Å². The van der Waals surface area contributed by atoms with Crippen molar-refractivity contribution in [1.82, 2.24) is 9.78 Å². The van der Waals surface area contributed by atoms with Crippen LogP contribution in [0.25, 0.3) is 31.4 Å². The maximum Gasteiger partial charge on any atom is 0.242 e. The fourth-order valence-electron chi connectivity index (χ4n) is 11.0. The average molecular weight is 858 g/mol. The lowest BCUT2D eigenvalue weighted by molar-refractivity contribution is -0.131. The van der Waals surface area contributed by atoms with Gasteiger partial charge in [-0.3, -0.25) is 28.8 Å². The number of nitrogens with one attached hydrogen (secondary N) is 1. The van der Waals surface area contributed by atoms with Crippen molar-refractivity contribution < 1.29 is 24.3 Å². The number of halogens is 1. The predicted octanol–water partition coefficient (Wildman–Crippen LogP) is 10.3. The van der Waals surface area contributed by atoms with E-state index in [0.29, 0.717) is 27.8 Å². The first-order chi connectivity index (χ1) is 29.9. The van der Waals surface area contributed by atoms with E-state index in [2.05, 4.69) is 5.32 Å². The van der Waals surface area contributed by atoms with Gasteiger partial charge in [0.05, 0.1) is 33.7 Å². The van der Waals surface area contributed by atoms with Gasteiger partial charge in [0.15, 0.2) is 0 Å². The molecular weight excluding hydrogens is 818 g/mol. The Morgan fingerprint density at radius 3 is 2.34 bits per heavy atom. The summed E-state index contributed by atoms with van der Waals surface area (Å²) in [4.78, 5) is 63.3. The van der Waals surface area contributed by atoms with E-state index in [4.69, 9.17) is 16.7 Å². The zero-order valence-electron chi connectivity index (χ0n) is 34.0. The molecule has 0 radical (unpaired) electrons. The molecule has 2 aliphatic heterocycles. The number of nitrogens with zero attached hydrogens (tertiary/aromatic N) is 4. The highest BCUT2D eigenvalue weighted by molar-refractivity contribution is 7.22. The minimum atomic E-state index is -1.37. The number of carbonyl (C=O) groups excluding carboxylic acids is 4. The summed E-state index contributed by atoms with van der Waals surface area (Å²) in [6.45, 7) is 3.85. The Balaban J connectivity index is 1.01. The quantitative estimate of drug-likeness (QED) is 0.126. The molecule has 1 saturated carbocycles. The van der Waals surface area contributed by atoms with Crippen LogP contribution in [0.2, 0.25) is 5.02 Å². The van der Waals surface area contributed by atoms with Crippen molar-refractivity contribution >= 4 is 90.3 Å². The van der Waals surface area contributed by atoms with Crippen LogP contribution in [-0.2, 0) is 26.2 Å². The van der Waals surface area contributed by atoms with Gasteiger partial charge in [-0.1, -0.05) is 71.8 Å². The maximum absolute atomic E-state index is 15.5. The molecule has 0 spiro atoms. The number of aryl methyl sites for hydroxylation is 2. The number of amides is 4.